The van der Waals surface area contributed by atoms with Crippen molar-refractivity contribution in [1.82, 2.24) is 26.6 Å². The van der Waals surface area contributed by atoms with Crippen molar-refractivity contribution < 1.29 is 33.8 Å². The largest absolute Gasteiger partial charge is 0.619 e. The molecule has 44 heavy (non-hydrogen) atoms. The number of carbonyl (C=O) groups excluding carboxylic acids is 5. The summed E-state index contributed by atoms with van der Waals surface area (Å²) in [7, 11) is 0. The van der Waals surface area contributed by atoms with E-state index in [1.54, 1.807) is 27.7 Å². The van der Waals surface area contributed by atoms with Gasteiger partial charge in [0.05, 0.1) is 24.1 Å². The van der Waals surface area contributed by atoms with Gasteiger partial charge in [0.25, 0.3) is 5.91 Å². The van der Waals surface area contributed by atoms with Crippen LogP contribution in [-0.2, 0) is 19.2 Å². The highest BCUT2D eigenvalue weighted by molar-refractivity contribution is 5.98. The number of rotatable bonds is 17. The van der Waals surface area contributed by atoms with Crippen LogP contribution in [-0.4, -0.2) is 71.5 Å². The number of hydrogen-bond donors (Lipinski definition) is 6. The summed E-state index contributed by atoms with van der Waals surface area (Å²) in [6.45, 7) is 14.7. The lowest BCUT2D eigenvalue weighted by atomic mass is 9.96. The maximum absolute atomic E-state index is 13.2. The monoisotopic (exact) mass is 622 g/mol. The summed E-state index contributed by atoms with van der Waals surface area (Å²) in [6.07, 6.45) is 1.69. The Morgan fingerprint density at radius 2 is 1.43 bits per heavy atom. The summed E-state index contributed by atoms with van der Waals surface area (Å²) in [4.78, 5) is 64.1. The molecule has 0 aliphatic heterocycles. The number of aromatic nitrogens is 1. The van der Waals surface area contributed by atoms with Crippen molar-refractivity contribution in [3.8, 4) is 0 Å². The van der Waals surface area contributed by atoms with E-state index < -0.39 is 53.9 Å². The molecule has 13 heteroatoms. The van der Waals surface area contributed by atoms with E-state index in [0.717, 1.165) is 0 Å². The van der Waals surface area contributed by atoms with Crippen molar-refractivity contribution in [3.63, 3.8) is 0 Å². The highest BCUT2D eigenvalue weighted by Crippen LogP contribution is 2.13. The fraction of sp³-hybridized carbons (Fsp3) is 0.677. The molecule has 1 rings (SSSR count). The number of hydrogen-bond acceptors (Lipinski definition) is 7. The lowest BCUT2D eigenvalue weighted by Crippen LogP contribution is -2.57. The number of amides is 5. The Morgan fingerprint density at radius 3 is 1.93 bits per heavy atom. The molecule has 1 aromatic rings. The second kappa shape index (κ2) is 19.5. The number of carbonyl (C=O) groups is 5. The molecule has 0 saturated carbocycles. The van der Waals surface area contributed by atoms with Crippen LogP contribution < -0.4 is 31.3 Å². The van der Waals surface area contributed by atoms with Gasteiger partial charge >= 0.3 is 0 Å². The molecule has 0 spiro atoms. The van der Waals surface area contributed by atoms with Crippen LogP contribution in [0.4, 0.5) is 0 Å². The third kappa shape index (κ3) is 13.3. The zero-order valence-corrected chi connectivity index (χ0v) is 26.6. The van der Waals surface area contributed by atoms with Crippen molar-refractivity contribution >= 4 is 29.5 Å². The van der Waals surface area contributed by atoms with Gasteiger partial charge in [0.1, 0.15) is 18.1 Å². The predicted octanol–water partition coefficient (Wildman–Crippen LogP) is 1.16. The molecule has 5 amide bonds. The first-order valence-corrected chi connectivity index (χ1v) is 15.0. The average molecular weight is 623 g/mol. The van der Waals surface area contributed by atoms with E-state index in [-0.39, 0.29) is 43.1 Å². The summed E-state index contributed by atoms with van der Waals surface area (Å²) < 4.78 is 0.542. The van der Waals surface area contributed by atoms with Crippen LogP contribution in [0.5, 0.6) is 0 Å². The van der Waals surface area contributed by atoms with Gasteiger partial charge in [-0.25, -0.2) is 0 Å². The van der Waals surface area contributed by atoms with Gasteiger partial charge in [0, 0.05) is 18.7 Å². The fourth-order valence-electron chi connectivity index (χ4n) is 4.37. The zero-order valence-electron chi connectivity index (χ0n) is 26.6. The summed E-state index contributed by atoms with van der Waals surface area (Å²) in [6, 6.07) is -0.859. The Balaban J connectivity index is 0.0000185. The van der Waals surface area contributed by atoms with E-state index in [4.69, 9.17) is 0 Å². The normalized spacial score (nSPS) is 15.1. The van der Waals surface area contributed by atoms with E-state index in [9.17, 15) is 34.3 Å². The van der Waals surface area contributed by atoms with Gasteiger partial charge in [0.15, 0.2) is 12.4 Å². The van der Waals surface area contributed by atoms with Crippen LogP contribution in [0.3, 0.4) is 0 Å². The van der Waals surface area contributed by atoms with Crippen LogP contribution in [0.2, 0.25) is 0 Å². The third-order valence-corrected chi connectivity index (χ3v) is 7.13. The molecule has 13 nitrogen and oxygen atoms in total. The maximum Gasteiger partial charge on any atom is 0.252 e. The van der Waals surface area contributed by atoms with Crippen molar-refractivity contribution in [2.75, 3.05) is 6.54 Å². The number of likely N-dealkylation sites (N-methyl/N-ethyl adjacent to an activating group) is 1. The van der Waals surface area contributed by atoms with E-state index in [0.29, 0.717) is 24.1 Å². The molecule has 0 aliphatic rings. The topological polar surface area (TPSA) is 193 Å². The number of nitrogens with zero attached hydrogens (tertiary/aromatic N) is 1. The molecule has 0 unspecified atom stereocenters. The number of nitrogens with one attached hydrogen (secondary N) is 5. The molecule has 6 N–H and O–H groups in total. The van der Waals surface area contributed by atoms with Gasteiger partial charge in [0.2, 0.25) is 23.6 Å². The minimum absolute atomic E-state index is 0. The third-order valence-electron chi connectivity index (χ3n) is 7.13. The van der Waals surface area contributed by atoms with Crippen molar-refractivity contribution in [2.45, 2.75) is 112 Å². The van der Waals surface area contributed by atoms with E-state index in [1.165, 1.54) is 31.5 Å². The first-order valence-electron chi connectivity index (χ1n) is 15.0. The Morgan fingerprint density at radius 1 is 0.841 bits per heavy atom. The minimum Gasteiger partial charge on any atom is -0.619 e. The quantitative estimate of drug-likeness (QED) is 0.111. The predicted molar refractivity (Wildman–Crippen MR) is 168 cm³/mol. The fourth-order valence-corrected chi connectivity index (χ4v) is 4.37. The van der Waals surface area contributed by atoms with Crippen LogP contribution >= 0.6 is 0 Å². The van der Waals surface area contributed by atoms with E-state index in [2.05, 4.69) is 26.6 Å². The van der Waals surface area contributed by atoms with Gasteiger partial charge in [-0.1, -0.05) is 55.4 Å². The molecule has 250 valence electrons. The Kier molecular flexibility index (Phi) is 17.9. The SMILES string of the molecule is C.CCNC(=O)[C@@H](NC(=O)C[C@H](O)[C@H](CC(C)C)NC(=O)[C@H](C)NC(=O)[C@@H](NC(=O)c1cc[n+]([O-])cc1)[C@@H](C)CC)C(C)C. The highest BCUT2D eigenvalue weighted by atomic mass is 16.5. The van der Waals surface area contributed by atoms with Crippen molar-refractivity contribution in [3.05, 3.63) is 35.3 Å². The summed E-state index contributed by atoms with van der Waals surface area (Å²) in [5.74, 6) is -2.90. The minimum atomic E-state index is -1.25. The van der Waals surface area contributed by atoms with Crippen LogP contribution in [0.1, 0.15) is 92.4 Å². The molecule has 6 atom stereocenters. The molecule has 0 radical (unpaired) electrons. The molecular weight excluding hydrogens is 568 g/mol. The summed E-state index contributed by atoms with van der Waals surface area (Å²) in [5.41, 5.74) is 0.208. The Labute approximate surface area is 261 Å². The molecule has 0 aliphatic carbocycles. The van der Waals surface area contributed by atoms with Crippen LogP contribution in [0.25, 0.3) is 0 Å². The van der Waals surface area contributed by atoms with E-state index >= 15 is 0 Å². The maximum atomic E-state index is 13.2. The average Bonchev–Trinajstić information content (AvgIpc) is 2.93. The lowest BCUT2D eigenvalue weighted by molar-refractivity contribution is -0.605. The van der Waals surface area contributed by atoms with Gasteiger partial charge < -0.3 is 36.9 Å². The number of aliphatic hydroxyl groups is 1. The second-order valence-electron chi connectivity index (χ2n) is 11.7. The van der Waals surface area contributed by atoms with Gasteiger partial charge in [-0.3, -0.25) is 24.0 Å². The summed E-state index contributed by atoms with van der Waals surface area (Å²) in [5, 5.41) is 35.6. The van der Waals surface area contributed by atoms with Crippen molar-refractivity contribution in [2.24, 2.45) is 17.8 Å². The Hall–Kier alpha value is -3.74. The van der Waals surface area contributed by atoms with Gasteiger partial charge in [-0.15, -0.1) is 0 Å². The molecule has 0 fully saturated rings. The lowest BCUT2D eigenvalue weighted by Gasteiger charge is -2.29. The van der Waals surface area contributed by atoms with E-state index in [1.807, 2.05) is 20.8 Å². The molecular formula is C31H54N6O7. The highest BCUT2D eigenvalue weighted by Gasteiger charge is 2.32. The molecule has 0 bridgehead atoms. The van der Waals surface area contributed by atoms with Gasteiger partial charge in [-0.2, -0.15) is 4.73 Å². The van der Waals surface area contributed by atoms with Crippen LogP contribution in [0.15, 0.2) is 24.5 Å². The molecule has 0 saturated heterocycles. The molecule has 1 heterocycles. The first kappa shape index (κ1) is 40.3. The first-order chi connectivity index (χ1) is 20.1. The van der Waals surface area contributed by atoms with Crippen LogP contribution in [0, 0.1) is 23.0 Å². The molecule has 0 aromatic carbocycles. The molecule has 1 aromatic heterocycles. The number of pyridine rings is 1. The zero-order chi connectivity index (χ0) is 32.9. The van der Waals surface area contributed by atoms with Gasteiger partial charge in [-0.05, 0) is 38.0 Å². The summed E-state index contributed by atoms with van der Waals surface area (Å²) >= 11 is 0. The van der Waals surface area contributed by atoms with Crippen molar-refractivity contribution in [1.29, 1.82) is 0 Å². The second-order valence-corrected chi connectivity index (χ2v) is 11.7. The Bertz CT molecular complexity index is 1080. The number of aliphatic hydroxyl groups excluding tert-OH is 1. The smallest absolute Gasteiger partial charge is 0.252 e. The standard InChI is InChI=1S/C30H50N6O7.CH4/c1-9-19(7)26(35-28(40)21-11-13-36(43)14-12-21)30(42)32-20(8)27(39)33-22(15-17(3)4)23(37)16-24(38)34-25(18(5)6)29(41)31-10-2;/h11-14,17-20,22-23,25-26,37H,9-10,15-16H2,1-8H3,(H,31,41)(H,32,42)(H,33,39)(H,34,38)(H,35,40);1H4/t19-,20-,22-,23-,25-,26-;/m0./s1.